The first-order valence-electron chi connectivity index (χ1n) is 3.84. The molecule has 0 bridgehead atoms. The topological polar surface area (TPSA) is 36.7 Å². The molecule has 4 heteroatoms. The highest BCUT2D eigenvalue weighted by atomic mass is 35.5. The third kappa shape index (κ3) is 3.25. The zero-order valence-electron chi connectivity index (χ0n) is 7.25. The first-order valence-corrected chi connectivity index (χ1v) is 5.36. The summed E-state index contributed by atoms with van der Waals surface area (Å²) in [6.45, 7) is 1.88. The molecule has 0 aromatic carbocycles. The Bertz CT molecular complexity index is 333. The van der Waals surface area contributed by atoms with Gasteiger partial charge in [-0.05, 0) is 19.1 Å². The number of alkyl halides is 1. The molecule has 0 N–H and O–H groups in total. The second-order valence-corrected chi connectivity index (χ2v) is 4.03. The standard InChI is InChI=1S/C9H9ClN2S/c1-7-4-9(13-3-2-10)5-8(6-11)12-7/h4-5H,2-3H2,1H3. The summed E-state index contributed by atoms with van der Waals surface area (Å²) < 4.78 is 0. The van der Waals surface area contributed by atoms with E-state index in [0.29, 0.717) is 11.6 Å². The van der Waals surface area contributed by atoms with E-state index in [4.69, 9.17) is 16.9 Å². The van der Waals surface area contributed by atoms with Gasteiger partial charge in [0.15, 0.2) is 0 Å². The highest BCUT2D eigenvalue weighted by molar-refractivity contribution is 7.99. The summed E-state index contributed by atoms with van der Waals surface area (Å²) in [5.41, 5.74) is 1.34. The second kappa shape index (κ2) is 5.11. The molecule has 0 saturated heterocycles. The number of rotatable bonds is 3. The Hall–Kier alpha value is -0.720. The Balaban J connectivity index is 2.83. The SMILES string of the molecule is Cc1cc(SCCCl)cc(C#N)n1. The van der Waals surface area contributed by atoms with Crippen molar-refractivity contribution in [1.82, 2.24) is 4.98 Å². The lowest BCUT2D eigenvalue weighted by Gasteiger charge is -2.00. The van der Waals surface area contributed by atoms with Gasteiger partial charge in [-0.15, -0.1) is 23.4 Å². The number of hydrogen-bond donors (Lipinski definition) is 0. The van der Waals surface area contributed by atoms with Crippen LogP contribution >= 0.6 is 23.4 Å². The summed E-state index contributed by atoms with van der Waals surface area (Å²) in [4.78, 5) is 5.11. The number of nitriles is 1. The number of aromatic nitrogens is 1. The molecule has 1 aromatic heterocycles. The van der Waals surface area contributed by atoms with E-state index in [1.165, 1.54) is 0 Å². The lowest BCUT2D eigenvalue weighted by atomic mass is 10.3. The quantitative estimate of drug-likeness (QED) is 0.571. The van der Waals surface area contributed by atoms with Gasteiger partial charge in [-0.1, -0.05) is 0 Å². The monoisotopic (exact) mass is 212 g/mol. The number of aryl methyl sites for hydroxylation is 1. The smallest absolute Gasteiger partial charge is 0.141 e. The van der Waals surface area contributed by atoms with Crippen molar-refractivity contribution in [3.05, 3.63) is 23.5 Å². The Labute approximate surface area is 86.9 Å². The van der Waals surface area contributed by atoms with Crippen LogP contribution in [0.3, 0.4) is 0 Å². The van der Waals surface area contributed by atoms with Crippen molar-refractivity contribution >= 4 is 23.4 Å². The Morgan fingerprint density at radius 2 is 2.38 bits per heavy atom. The van der Waals surface area contributed by atoms with Gasteiger partial charge in [-0.3, -0.25) is 0 Å². The summed E-state index contributed by atoms with van der Waals surface area (Å²) in [5.74, 6) is 1.48. The molecule has 1 rings (SSSR count). The minimum Gasteiger partial charge on any atom is -0.242 e. The van der Waals surface area contributed by atoms with E-state index in [0.717, 1.165) is 16.3 Å². The predicted octanol–water partition coefficient (Wildman–Crippen LogP) is 2.59. The van der Waals surface area contributed by atoms with Gasteiger partial charge >= 0.3 is 0 Å². The molecular weight excluding hydrogens is 204 g/mol. The van der Waals surface area contributed by atoms with Crippen molar-refractivity contribution in [1.29, 1.82) is 5.26 Å². The fourth-order valence-corrected chi connectivity index (χ4v) is 1.93. The lowest BCUT2D eigenvalue weighted by Crippen LogP contribution is -1.88. The first kappa shape index (κ1) is 10.4. The maximum Gasteiger partial charge on any atom is 0.141 e. The molecule has 0 spiro atoms. The zero-order valence-corrected chi connectivity index (χ0v) is 8.82. The van der Waals surface area contributed by atoms with Crippen LogP contribution < -0.4 is 0 Å². The number of hydrogen-bond acceptors (Lipinski definition) is 3. The van der Waals surface area contributed by atoms with Gasteiger partial charge in [0.25, 0.3) is 0 Å². The molecule has 0 aliphatic carbocycles. The van der Waals surface area contributed by atoms with E-state index in [1.54, 1.807) is 17.8 Å². The fourth-order valence-electron chi connectivity index (χ4n) is 0.934. The van der Waals surface area contributed by atoms with Gasteiger partial charge in [0.05, 0.1) is 0 Å². The van der Waals surface area contributed by atoms with Gasteiger partial charge in [-0.25, -0.2) is 4.98 Å². The van der Waals surface area contributed by atoms with Crippen LogP contribution in [0.25, 0.3) is 0 Å². The number of thioether (sulfide) groups is 1. The van der Waals surface area contributed by atoms with Crippen LogP contribution in [-0.2, 0) is 0 Å². The highest BCUT2D eigenvalue weighted by Gasteiger charge is 1.99. The van der Waals surface area contributed by atoms with Crippen LogP contribution in [0, 0.1) is 18.3 Å². The van der Waals surface area contributed by atoms with Gasteiger partial charge in [0, 0.05) is 22.2 Å². The van der Waals surface area contributed by atoms with Crippen LogP contribution in [-0.4, -0.2) is 16.6 Å². The van der Waals surface area contributed by atoms with Crippen LogP contribution in [0.1, 0.15) is 11.4 Å². The molecule has 0 aliphatic heterocycles. The van der Waals surface area contributed by atoms with Gasteiger partial charge in [0.1, 0.15) is 11.8 Å². The summed E-state index contributed by atoms with van der Waals surface area (Å²) in [6, 6.07) is 5.77. The molecule has 0 fully saturated rings. The minimum atomic E-state index is 0.470. The molecule has 1 aromatic rings. The third-order valence-electron chi connectivity index (χ3n) is 1.39. The van der Waals surface area contributed by atoms with E-state index >= 15 is 0 Å². The van der Waals surface area contributed by atoms with Crippen molar-refractivity contribution in [3.63, 3.8) is 0 Å². The molecule has 68 valence electrons. The van der Waals surface area contributed by atoms with Crippen LogP contribution in [0.4, 0.5) is 0 Å². The van der Waals surface area contributed by atoms with E-state index in [-0.39, 0.29) is 0 Å². The van der Waals surface area contributed by atoms with Gasteiger partial charge in [0.2, 0.25) is 0 Å². The van der Waals surface area contributed by atoms with E-state index in [1.807, 2.05) is 19.1 Å². The van der Waals surface area contributed by atoms with Crippen molar-refractivity contribution in [2.24, 2.45) is 0 Å². The average molecular weight is 213 g/mol. The molecule has 0 unspecified atom stereocenters. The summed E-state index contributed by atoms with van der Waals surface area (Å²) in [6.07, 6.45) is 0. The predicted molar refractivity (Wildman–Crippen MR) is 55.1 cm³/mol. The number of pyridine rings is 1. The second-order valence-electron chi connectivity index (χ2n) is 2.48. The van der Waals surface area contributed by atoms with E-state index in [9.17, 15) is 0 Å². The number of halogens is 1. The van der Waals surface area contributed by atoms with Crippen molar-refractivity contribution in [3.8, 4) is 6.07 Å². The van der Waals surface area contributed by atoms with Crippen molar-refractivity contribution in [2.75, 3.05) is 11.6 Å². The molecule has 0 amide bonds. The Kier molecular flexibility index (Phi) is 4.07. The summed E-state index contributed by atoms with van der Waals surface area (Å²) in [5, 5.41) is 8.66. The highest BCUT2D eigenvalue weighted by Crippen LogP contribution is 2.19. The normalized spacial score (nSPS) is 9.62. The molecular formula is C9H9ClN2S. The zero-order chi connectivity index (χ0) is 9.68. The average Bonchev–Trinajstić information content (AvgIpc) is 2.14. The fraction of sp³-hybridized carbons (Fsp3) is 0.333. The first-order chi connectivity index (χ1) is 6.26. The molecule has 0 saturated carbocycles. The van der Waals surface area contributed by atoms with Crippen LogP contribution in [0.15, 0.2) is 17.0 Å². The molecule has 2 nitrogen and oxygen atoms in total. The lowest BCUT2D eigenvalue weighted by molar-refractivity contribution is 1.13. The number of nitrogens with zero attached hydrogens (tertiary/aromatic N) is 2. The van der Waals surface area contributed by atoms with Gasteiger partial charge in [-0.2, -0.15) is 5.26 Å². The maximum absolute atomic E-state index is 8.66. The molecule has 13 heavy (non-hydrogen) atoms. The largest absolute Gasteiger partial charge is 0.242 e. The van der Waals surface area contributed by atoms with E-state index < -0.39 is 0 Å². The Morgan fingerprint density at radius 1 is 1.62 bits per heavy atom. The van der Waals surface area contributed by atoms with Crippen LogP contribution in [0.2, 0.25) is 0 Å². The van der Waals surface area contributed by atoms with Gasteiger partial charge < -0.3 is 0 Å². The van der Waals surface area contributed by atoms with Crippen molar-refractivity contribution in [2.45, 2.75) is 11.8 Å². The molecule has 0 radical (unpaired) electrons. The van der Waals surface area contributed by atoms with Crippen LogP contribution in [0.5, 0.6) is 0 Å². The maximum atomic E-state index is 8.66. The summed E-state index contributed by atoms with van der Waals surface area (Å²) in [7, 11) is 0. The summed E-state index contributed by atoms with van der Waals surface area (Å²) >= 11 is 7.20. The Morgan fingerprint density at radius 3 is 3.00 bits per heavy atom. The van der Waals surface area contributed by atoms with E-state index in [2.05, 4.69) is 4.98 Å². The minimum absolute atomic E-state index is 0.470. The third-order valence-corrected chi connectivity index (χ3v) is 2.78. The molecule has 0 atom stereocenters. The molecule has 0 aliphatic rings. The van der Waals surface area contributed by atoms with Crippen molar-refractivity contribution < 1.29 is 0 Å². The molecule has 1 heterocycles.